The second-order valence-corrected chi connectivity index (χ2v) is 5.97. The van der Waals surface area contributed by atoms with Gasteiger partial charge < -0.3 is 4.74 Å². The predicted molar refractivity (Wildman–Crippen MR) is 98.0 cm³/mol. The van der Waals surface area contributed by atoms with Gasteiger partial charge in [-0.25, -0.2) is 5.43 Å². The van der Waals surface area contributed by atoms with Crippen molar-refractivity contribution in [2.24, 2.45) is 5.10 Å². The molecule has 0 aliphatic rings. The number of halogens is 2. The second kappa shape index (κ2) is 9.30. The van der Waals surface area contributed by atoms with Crippen molar-refractivity contribution in [1.29, 1.82) is 0 Å². The minimum absolute atomic E-state index is 0.156. The van der Waals surface area contributed by atoms with Crippen LogP contribution in [0.5, 0.6) is 5.75 Å². The lowest BCUT2D eigenvalue weighted by atomic mass is 10.1. The third-order valence-electron chi connectivity index (χ3n) is 3.24. The van der Waals surface area contributed by atoms with E-state index in [1.165, 1.54) is 0 Å². The molecule has 6 heteroatoms. The van der Waals surface area contributed by atoms with Crippen molar-refractivity contribution in [3.05, 3.63) is 64.1 Å². The van der Waals surface area contributed by atoms with E-state index in [2.05, 4.69) is 10.5 Å². The maximum Gasteiger partial charge on any atom is 0.240 e. The summed E-state index contributed by atoms with van der Waals surface area (Å²) in [4.78, 5) is 11.8. The lowest BCUT2D eigenvalue weighted by molar-refractivity contribution is -0.121. The minimum atomic E-state index is -0.156. The van der Waals surface area contributed by atoms with Crippen LogP contribution in [0.3, 0.4) is 0 Å². The Labute approximate surface area is 151 Å². The molecule has 2 aromatic carbocycles. The average Bonchev–Trinajstić information content (AvgIpc) is 2.59. The Balaban J connectivity index is 1.72. The van der Waals surface area contributed by atoms with Gasteiger partial charge in [0, 0.05) is 11.4 Å². The Hall–Kier alpha value is -2.04. The van der Waals surface area contributed by atoms with E-state index in [1.54, 1.807) is 18.2 Å². The van der Waals surface area contributed by atoms with E-state index in [1.807, 2.05) is 37.3 Å². The molecule has 0 aromatic heterocycles. The van der Waals surface area contributed by atoms with Crippen LogP contribution in [0.1, 0.15) is 25.3 Å². The van der Waals surface area contributed by atoms with E-state index in [0.29, 0.717) is 35.2 Å². The molecule has 1 N–H and O–H groups in total. The zero-order valence-electron chi connectivity index (χ0n) is 13.3. The third-order valence-corrected chi connectivity index (χ3v) is 3.77. The molecule has 0 saturated carbocycles. The Morgan fingerprint density at radius 3 is 2.62 bits per heavy atom. The van der Waals surface area contributed by atoms with E-state index >= 15 is 0 Å². The largest absolute Gasteiger partial charge is 0.492 e. The number of hydrazone groups is 1. The molecule has 0 unspecified atom stereocenters. The van der Waals surface area contributed by atoms with Crippen molar-refractivity contribution in [1.82, 2.24) is 5.43 Å². The number of carbonyl (C=O) groups is 1. The number of hydrogen-bond acceptors (Lipinski definition) is 3. The summed E-state index contributed by atoms with van der Waals surface area (Å²) < 4.78 is 5.53. The number of carbonyl (C=O) groups excluding carboxylic acids is 1. The third kappa shape index (κ3) is 5.87. The standard InChI is InChI=1S/C18H18Cl2N2O2/c1-13(14-6-3-2-4-7-14)21-22-18(23)8-5-11-24-17-10-9-15(19)12-16(17)20/h2-4,6-7,9-10,12H,5,8,11H2,1H3,(H,22,23)/b21-13+. The van der Waals surface area contributed by atoms with Crippen molar-refractivity contribution >= 4 is 34.8 Å². The SMILES string of the molecule is C/C(=N\NC(=O)CCCOc1ccc(Cl)cc1Cl)c1ccccc1. The Kier molecular flexibility index (Phi) is 7.09. The van der Waals surface area contributed by atoms with Gasteiger partial charge in [-0.1, -0.05) is 53.5 Å². The highest BCUT2D eigenvalue weighted by Gasteiger charge is 2.04. The van der Waals surface area contributed by atoms with E-state index in [-0.39, 0.29) is 5.91 Å². The average molecular weight is 365 g/mol. The maximum absolute atomic E-state index is 11.8. The highest BCUT2D eigenvalue weighted by atomic mass is 35.5. The van der Waals surface area contributed by atoms with Crippen LogP contribution in [-0.4, -0.2) is 18.2 Å². The van der Waals surface area contributed by atoms with Crippen LogP contribution in [0, 0.1) is 0 Å². The molecule has 0 atom stereocenters. The first-order valence-corrected chi connectivity index (χ1v) is 8.28. The topological polar surface area (TPSA) is 50.7 Å². The number of ether oxygens (including phenoxy) is 1. The van der Waals surface area contributed by atoms with Crippen LogP contribution >= 0.6 is 23.2 Å². The second-order valence-electron chi connectivity index (χ2n) is 5.12. The van der Waals surface area contributed by atoms with Gasteiger partial charge in [-0.05, 0) is 37.1 Å². The Morgan fingerprint density at radius 1 is 1.17 bits per heavy atom. The zero-order valence-corrected chi connectivity index (χ0v) is 14.8. The molecular weight excluding hydrogens is 347 g/mol. The number of rotatable bonds is 7. The molecule has 1 amide bonds. The molecular formula is C18H18Cl2N2O2. The molecule has 0 aliphatic carbocycles. The summed E-state index contributed by atoms with van der Waals surface area (Å²) in [6.45, 7) is 2.23. The smallest absolute Gasteiger partial charge is 0.240 e. The van der Waals surface area contributed by atoms with Crippen LogP contribution in [0.15, 0.2) is 53.6 Å². The molecule has 0 aliphatic heterocycles. The van der Waals surface area contributed by atoms with Crippen molar-refractivity contribution in [3.8, 4) is 5.75 Å². The van der Waals surface area contributed by atoms with Crippen LogP contribution in [0.2, 0.25) is 10.0 Å². The molecule has 24 heavy (non-hydrogen) atoms. The van der Waals surface area contributed by atoms with E-state index < -0.39 is 0 Å². The van der Waals surface area contributed by atoms with Gasteiger partial charge in [0.05, 0.1) is 17.3 Å². The lowest BCUT2D eigenvalue weighted by Gasteiger charge is -2.08. The predicted octanol–water partition coefficient (Wildman–Crippen LogP) is 4.69. The fraction of sp³-hybridized carbons (Fsp3) is 0.222. The van der Waals surface area contributed by atoms with Crippen LogP contribution in [0.25, 0.3) is 0 Å². The highest BCUT2D eigenvalue weighted by molar-refractivity contribution is 6.35. The molecule has 0 fully saturated rings. The zero-order chi connectivity index (χ0) is 17.4. The molecule has 0 saturated heterocycles. The van der Waals surface area contributed by atoms with Gasteiger partial charge in [-0.2, -0.15) is 5.10 Å². The summed E-state index contributed by atoms with van der Waals surface area (Å²) in [6.07, 6.45) is 0.876. The summed E-state index contributed by atoms with van der Waals surface area (Å²) in [5.41, 5.74) is 4.28. The first-order valence-electron chi connectivity index (χ1n) is 7.52. The first kappa shape index (κ1) is 18.3. The summed E-state index contributed by atoms with van der Waals surface area (Å²) >= 11 is 11.8. The van der Waals surface area contributed by atoms with Crippen molar-refractivity contribution in [3.63, 3.8) is 0 Å². The molecule has 126 valence electrons. The highest BCUT2D eigenvalue weighted by Crippen LogP contribution is 2.27. The van der Waals surface area contributed by atoms with Crippen LogP contribution in [0.4, 0.5) is 0 Å². The van der Waals surface area contributed by atoms with Gasteiger partial charge in [-0.15, -0.1) is 0 Å². The summed E-state index contributed by atoms with van der Waals surface area (Å²) in [5, 5.41) is 5.10. The van der Waals surface area contributed by atoms with Crippen molar-refractivity contribution in [2.45, 2.75) is 19.8 Å². The van der Waals surface area contributed by atoms with Gasteiger partial charge in [0.1, 0.15) is 5.75 Å². The number of nitrogens with one attached hydrogen (secondary N) is 1. The number of nitrogens with zero attached hydrogens (tertiary/aromatic N) is 1. The first-order chi connectivity index (χ1) is 11.6. The van der Waals surface area contributed by atoms with Crippen molar-refractivity contribution < 1.29 is 9.53 Å². The monoisotopic (exact) mass is 364 g/mol. The molecule has 0 bridgehead atoms. The van der Waals surface area contributed by atoms with Gasteiger partial charge in [0.15, 0.2) is 0 Å². The van der Waals surface area contributed by atoms with Gasteiger partial charge in [0.25, 0.3) is 0 Å². The van der Waals surface area contributed by atoms with E-state index in [4.69, 9.17) is 27.9 Å². The lowest BCUT2D eigenvalue weighted by Crippen LogP contribution is -2.19. The molecule has 2 aromatic rings. The van der Waals surface area contributed by atoms with Crippen LogP contribution in [-0.2, 0) is 4.79 Å². The van der Waals surface area contributed by atoms with E-state index in [0.717, 1.165) is 11.3 Å². The maximum atomic E-state index is 11.8. The van der Waals surface area contributed by atoms with Gasteiger partial charge in [-0.3, -0.25) is 4.79 Å². The van der Waals surface area contributed by atoms with Gasteiger partial charge in [0.2, 0.25) is 5.91 Å². The quantitative estimate of drug-likeness (QED) is 0.440. The van der Waals surface area contributed by atoms with E-state index in [9.17, 15) is 4.79 Å². The Bertz CT molecular complexity index is 718. The molecule has 0 spiro atoms. The minimum Gasteiger partial charge on any atom is -0.492 e. The fourth-order valence-electron chi connectivity index (χ4n) is 1.95. The Morgan fingerprint density at radius 2 is 1.92 bits per heavy atom. The normalized spacial score (nSPS) is 11.2. The number of benzene rings is 2. The number of amides is 1. The fourth-order valence-corrected chi connectivity index (χ4v) is 2.42. The molecule has 4 nitrogen and oxygen atoms in total. The molecule has 2 rings (SSSR count). The number of hydrogen-bond donors (Lipinski definition) is 1. The summed E-state index contributed by atoms with van der Waals surface area (Å²) in [5.74, 6) is 0.399. The summed E-state index contributed by atoms with van der Waals surface area (Å²) in [6, 6.07) is 14.7. The van der Waals surface area contributed by atoms with Gasteiger partial charge >= 0.3 is 0 Å². The molecule has 0 radical (unpaired) electrons. The van der Waals surface area contributed by atoms with Crippen molar-refractivity contribution in [2.75, 3.05) is 6.61 Å². The molecule has 0 heterocycles. The van der Waals surface area contributed by atoms with Crippen LogP contribution < -0.4 is 10.2 Å². The summed E-state index contributed by atoms with van der Waals surface area (Å²) in [7, 11) is 0.